The number of hydrogen-bond donors (Lipinski definition) is 1. The third-order valence-electron chi connectivity index (χ3n) is 2.86. The van der Waals surface area contributed by atoms with Crippen molar-refractivity contribution in [3.8, 4) is 0 Å². The summed E-state index contributed by atoms with van der Waals surface area (Å²) in [7, 11) is 0. The molecule has 3 heteroatoms. The fourth-order valence-electron chi connectivity index (χ4n) is 2.04. The van der Waals surface area contributed by atoms with E-state index in [1.54, 1.807) is 6.26 Å². The quantitative estimate of drug-likeness (QED) is 0.791. The van der Waals surface area contributed by atoms with Gasteiger partial charge in [0.25, 0.3) is 0 Å². The lowest BCUT2D eigenvalue weighted by Crippen LogP contribution is -2.18. The molecule has 0 amide bonds. The molecular weight excluding hydrogens is 178 g/mol. The van der Waals surface area contributed by atoms with Crippen LogP contribution in [0.1, 0.15) is 25.0 Å². The number of hydrogen-bond acceptors (Lipinski definition) is 3. The Morgan fingerprint density at radius 2 is 2.43 bits per heavy atom. The molecule has 14 heavy (non-hydrogen) atoms. The van der Waals surface area contributed by atoms with E-state index in [0.29, 0.717) is 6.42 Å². The van der Waals surface area contributed by atoms with E-state index in [0.717, 1.165) is 25.0 Å². The highest BCUT2D eigenvalue weighted by Gasteiger charge is 2.27. The molecule has 0 aromatic carbocycles. The van der Waals surface area contributed by atoms with Crippen LogP contribution in [0, 0.1) is 5.92 Å². The molecule has 1 fully saturated rings. The summed E-state index contributed by atoms with van der Waals surface area (Å²) in [6.45, 7) is 0. The molecule has 0 aliphatic heterocycles. The third kappa shape index (κ3) is 2.04. The highest BCUT2D eigenvalue weighted by atomic mass is 16.3. The normalized spacial score (nSPS) is 26.6. The molecule has 2 N–H and O–H groups in total. The molecular formula is C11H15NO2. The van der Waals surface area contributed by atoms with E-state index >= 15 is 0 Å². The molecule has 1 aromatic heterocycles. The molecule has 0 spiro atoms. The van der Waals surface area contributed by atoms with Gasteiger partial charge >= 0.3 is 0 Å². The van der Waals surface area contributed by atoms with Crippen molar-refractivity contribution in [1.82, 2.24) is 0 Å². The maximum absolute atomic E-state index is 11.7. The maximum Gasteiger partial charge on any atom is 0.143 e. The molecule has 76 valence electrons. The molecule has 0 radical (unpaired) electrons. The zero-order valence-electron chi connectivity index (χ0n) is 8.11. The van der Waals surface area contributed by atoms with Gasteiger partial charge in [-0.2, -0.15) is 0 Å². The van der Waals surface area contributed by atoms with Crippen LogP contribution in [0.5, 0.6) is 0 Å². The summed E-state index contributed by atoms with van der Waals surface area (Å²) in [5.74, 6) is 1.19. The molecule has 2 rings (SSSR count). The van der Waals surface area contributed by atoms with Gasteiger partial charge in [-0.05, 0) is 31.4 Å². The largest absolute Gasteiger partial charge is 0.469 e. The monoisotopic (exact) mass is 193 g/mol. The van der Waals surface area contributed by atoms with Crippen LogP contribution in [0.25, 0.3) is 0 Å². The second kappa shape index (κ2) is 3.96. The summed E-state index contributed by atoms with van der Waals surface area (Å²) in [5.41, 5.74) is 5.76. The van der Waals surface area contributed by atoms with Crippen molar-refractivity contribution in [2.75, 3.05) is 0 Å². The molecule has 1 heterocycles. The average Bonchev–Trinajstić information content (AvgIpc) is 2.75. The van der Waals surface area contributed by atoms with Gasteiger partial charge in [0.1, 0.15) is 11.5 Å². The number of carbonyl (C=O) groups excluding carboxylic acids is 1. The van der Waals surface area contributed by atoms with Crippen LogP contribution in [0.3, 0.4) is 0 Å². The van der Waals surface area contributed by atoms with Gasteiger partial charge in [-0.15, -0.1) is 0 Å². The molecule has 1 saturated carbocycles. The van der Waals surface area contributed by atoms with E-state index in [2.05, 4.69) is 0 Å². The van der Waals surface area contributed by atoms with E-state index in [-0.39, 0.29) is 17.7 Å². The second-order valence-corrected chi connectivity index (χ2v) is 3.99. The maximum atomic E-state index is 11.7. The van der Waals surface area contributed by atoms with Crippen LogP contribution < -0.4 is 5.73 Å². The molecule has 3 nitrogen and oxygen atoms in total. The minimum atomic E-state index is 0.162. The summed E-state index contributed by atoms with van der Waals surface area (Å²) in [5, 5.41) is 0. The smallest absolute Gasteiger partial charge is 0.143 e. The predicted molar refractivity (Wildman–Crippen MR) is 52.7 cm³/mol. The van der Waals surface area contributed by atoms with Crippen LogP contribution in [-0.2, 0) is 11.2 Å². The zero-order chi connectivity index (χ0) is 9.97. The Morgan fingerprint density at radius 1 is 1.57 bits per heavy atom. The topological polar surface area (TPSA) is 56.2 Å². The minimum absolute atomic E-state index is 0.162. The number of ketones is 1. The van der Waals surface area contributed by atoms with Crippen LogP contribution >= 0.6 is 0 Å². The Balaban J connectivity index is 1.90. The Bertz CT molecular complexity index is 305. The Hall–Kier alpha value is -1.09. The number of carbonyl (C=O) groups is 1. The van der Waals surface area contributed by atoms with E-state index in [1.165, 1.54) is 0 Å². The number of Topliss-reactive ketones (excluding diaryl/α,β-unsaturated/α-hetero) is 1. The van der Waals surface area contributed by atoms with Gasteiger partial charge in [-0.3, -0.25) is 4.79 Å². The van der Waals surface area contributed by atoms with Gasteiger partial charge in [0.2, 0.25) is 0 Å². The van der Waals surface area contributed by atoms with Crippen LogP contribution in [0.4, 0.5) is 0 Å². The van der Waals surface area contributed by atoms with Gasteiger partial charge < -0.3 is 10.2 Å². The van der Waals surface area contributed by atoms with Crippen molar-refractivity contribution >= 4 is 5.78 Å². The predicted octanol–water partition coefficient (Wildman–Crippen LogP) is 1.52. The molecule has 2 unspecified atom stereocenters. The fraction of sp³-hybridized carbons (Fsp3) is 0.545. The average molecular weight is 193 g/mol. The summed E-state index contributed by atoms with van der Waals surface area (Å²) >= 11 is 0. The summed E-state index contributed by atoms with van der Waals surface area (Å²) in [6, 6.07) is 3.87. The van der Waals surface area contributed by atoms with Gasteiger partial charge in [-0.1, -0.05) is 0 Å². The van der Waals surface area contributed by atoms with Crippen molar-refractivity contribution in [3.05, 3.63) is 24.2 Å². The Morgan fingerprint density at radius 3 is 3.00 bits per heavy atom. The summed E-state index contributed by atoms with van der Waals surface area (Å²) < 4.78 is 5.14. The molecule has 0 bridgehead atoms. The zero-order valence-corrected chi connectivity index (χ0v) is 8.11. The first-order valence-electron chi connectivity index (χ1n) is 5.06. The van der Waals surface area contributed by atoms with Gasteiger partial charge in [0, 0.05) is 12.0 Å². The van der Waals surface area contributed by atoms with E-state index in [1.807, 2.05) is 12.1 Å². The van der Waals surface area contributed by atoms with Crippen molar-refractivity contribution in [2.45, 2.75) is 31.7 Å². The van der Waals surface area contributed by atoms with Crippen LogP contribution in [-0.4, -0.2) is 11.8 Å². The van der Waals surface area contributed by atoms with Gasteiger partial charge in [-0.25, -0.2) is 0 Å². The Labute approximate surface area is 83.3 Å². The van der Waals surface area contributed by atoms with Crippen LogP contribution in [0.15, 0.2) is 22.8 Å². The lowest BCUT2D eigenvalue weighted by molar-refractivity contribution is -0.122. The first-order valence-corrected chi connectivity index (χ1v) is 5.06. The van der Waals surface area contributed by atoms with Crippen molar-refractivity contribution in [1.29, 1.82) is 0 Å². The SMILES string of the molecule is NC1CCC(C(=O)Cc2ccco2)C1. The van der Waals surface area contributed by atoms with E-state index in [4.69, 9.17) is 10.2 Å². The lowest BCUT2D eigenvalue weighted by Gasteiger charge is -2.06. The minimum Gasteiger partial charge on any atom is -0.469 e. The number of nitrogens with two attached hydrogens (primary N) is 1. The van der Waals surface area contributed by atoms with Crippen molar-refractivity contribution < 1.29 is 9.21 Å². The molecule has 1 aromatic rings. The summed E-state index contributed by atoms with van der Waals surface area (Å²) in [4.78, 5) is 11.7. The van der Waals surface area contributed by atoms with Crippen LogP contribution in [0.2, 0.25) is 0 Å². The number of furan rings is 1. The van der Waals surface area contributed by atoms with Crippen molar-refractivity contribution in [3.63, 3.8) is 0 Å². The van der Waals surface area contributed by atoms with E-state index < -0.39 is 0 Å². The third-order valence-corrected chi connectivity index (χ3v) is 2.86. The number of rotatable bonds is 3. The standard InChI is InChI=1S/C11H15NO2/c12-9-4-3-8(6-9)11(13)7-10-2-1-5-14-10/h1-2,5,8-9H,3-4,6-7,12H2. The second-order valence-electron chi connectivity index (χ2n) is 3.99. The highest BCUT2D eigenvalue weighted by molar-refractivity contribution is 5.83. The molecule has 2 atom stereocenters. The first-order chi connectivity index (χ1) is 6.75. The van der Waals surface area contributed by atoms with Crippen molar-refractivity contribution in [2.24, 2.45) is 11.7 Å². The molecule has 1 aliphatic carbocycles. The summed E-state index contributed by atoms with van der Waals surface area (Å²) in [6.07, 6.45) is 4.79. The highest BCUT2D eigenvalue weighted by Crippen LogP contribution is 2.26. The fourth-order valence-corrected chi connectivity index (χ4v) is 2.04. The Kier molecular flexibility index (Phi) is 2.68. The molecule has 1 aliphatic rings. The molecule has 0 saturated heterocycles. The lowest BCUT2D eigenvalue weighted by atomic mass is 9.99. The van der Waals surface area contributed by atoms with E-state index in [9.17, 15) is 4.79 Å². The van der Waals surface area contributed by atoms with Gasteiger partial charge in [0.15, 0.2) is 0 Å². The van der Waals surface area contributed by atoms with Gasteiger partial charge in [0.05, 0.1) is 12.7 Å². The first kappa shape index (κ1) is 9.46.